The number of hydrogen-bond acceptors (Lipinski definition) is 6. The fourth-order valence-electron chi connectivity index (χ4n) is 2.45. The van der Waals surface area contributed by atoms with Gasteiger partial charge in [0, 0.05) is 36.6 Å². The van der Waals surface area contributed by atoms with Gasteiger partial charge in [-0.05, 0) is 19.9 Å². The minimum absolute atomic E-state index is 0.344. The third-order valence-electron chi connectivity index (χ3n) is 3.60. The SMILES string of the molecule is CCNc1cc2n[nH]c(C(O)(C(C)O)n3cccn3)c2cn1. The molecule has 0 fully saturated rings. The Morgan fingerprint density at radius 2 is 2.32 bits per heavy atom. The van der Waals surface area contributed by atoms with Crippen LogP contribution in [0.4, 0.5) is 5.82 Å². The maximum atomic E-state index is 11.0. The first-order chi connectivity index (χ1) is 10.6. The number of anilines is 1. The molecule has 0 amide bonds. The first kappa shape index (κ1) is 14.5. The van der Waals surface area contributed by atoms with Crippen LogP contribution in [-0.4, -0.2) is 47.8 Å². The third-order valence-corrected chi connectivity index (χ3v) is 3.60. The van der Waals surface area contributed by atoms with Gasteiger partial charge in [0.1, 0.15) is 17.6 Å². The molecule has 3 heterocycles. The Balaban J connectivity index is 2.15. The molecule has 2 atom stereocenters. The van der Waals surface area contributed by atoms with Crippen molar-refractivity contribution in [2.75, 3.05) is 11.9 Å². The van der Waals surface area contributed by atoms with Crippen LogP contribution in [-0.2, 0) is 5.72 Å². The van der Waals surface area contributed by atoms with Crippen LogP contribution >= 0.6 is 0 Å². The summed E-state index contributed by atoms with van der Waals surface area (Å²) in [7, 11) is 0. The molecule has 0 saturated heterocycles. The lowest BCUT2D eigenvalue weighted by Crippen LogP contribution is -2.45. The minimum Gasteiger partial charge on any atom is -0.388 e. The van der Waals surface area contributed by atoms with Gasteiger partial charge in [-0.3, -0.25) is 5.10 Å². The van der Waals surface area contributed by atoms with Gasteiger partial charge >= 0.3 is 0 Å². The maximum Gasteiger partial charge on any atom is 0.227 e. The number of nitrogens with one attached hydrogen (secondary N) is 2. The number of fused-ring (bicyclic) bond motifs is 1. The standard InChI is InChI=1S/C14H18N6O2/c1-3-15-12-7-11-10(8-16-12)13(19-18-11)14(22,9(2)21)20-6-4-5-17-20/h4-9,21-22H,3H2,1-2H3,(H,15,16)(H,18,19). The Bertz CT molecular complexity index is 767. The van der Waals surface area contributed by atoms with Crippen LogP contribution in [0.15, 0.2) is 30.7 Å². The molecule has 0 aliphatic carbocycles. The molecule has 22 heavy (non-hydrogen) atoms. The summed E-state index contributed by atoms with van der Waals surface area (Å²) in [6.45, 7) is 4.22. The van der Waals surface area contributed by atoms with Gasteiger partial charge in [0.15, 0.2) is 0 Å². The van der Waals surface area contributed by atoms with Crippen molar-refractivity contribution in [1.29, 1.82) is 0 Å². The van der Waals surface area contributed by atoms with E-state index in [9.17, 15) is 10.2 Å². The molecule has 8 heteroatoms. The zero-order valence-electron chi connectivity index (χ0n) is 12.4. The second kappa shape index (κ2) is 5.39. The quantitative estimate of drug-likeness (QED) is 0.551. The van der Waals surface area contributed by atoms with Crippen LogP contribution in [0.5, 0.6) is 0 Å². The van der Waals surface area contributed by atoms with E-state index in [1.165, 1.54) is 17.8 Å². The van der Waals surface area contributed by atoms with Gasteiger partial charge in [0.25, 0.3) is 0 Å². The molecule has 4 N–H and O–H groups in total. The monoisotopic (exact) mass is 302 g/mol. The van der Waals surface area contributed by atoms with Crippen LogP contribution in [0, 0.1) is 0 Å². The molecule has 3 aromatic heterocycles. The van der Waals surface area contributed by atoms with Crippen molar-refractivity contribution in [2.45, 2.75) is 25.7 Å². The number of rotatable bonds is 5. The number of nitrogens with zero attached hydrogens (tertiary/aromatic N) is 4. The van der Waals surface area contributed by atoms with Gasteiger partial charge < -0.3 is 15.5 Å². The van der Waals surface area contributed by atoms with Crippen LogP contribution in [0.25, 0.3) is 10.9 Å². The van der Waals surface area contributed by atoms with Crippen LogP contribution in [0.1, 0.15) is 19.5 Å². The molecule has 0 spiro atoms. The predicted octanol–water partition coefficient (Wildman–Crippen LogP) is 0.660. The van der Waals surface area contributed by atoms with Crippen molar-refractivity contribution in [3.05, 3.63) is 36.4 Å². The number of aliphatic hydroxyl groups excluding tert-OH is 1. The molecule has 2 unspecified atom stereocenters. The summed E-state index contributed by atoms with van der Waals surface area (Å²) in [6.07, 6.45) is 3.63. The first-order valence-corrected chi connectivity index (χ1v) is 7.06. The number of aromatic nitrogens is 5. The van der Waals surface area contributed by atoms with Crippen LogP contribution in [0.3, 0.4) is 0 Å². The van der Waals surface area contributed by atoms with Crippen molar-refractivity contribution in [3.8, 4) is 0 Å². The summed E-state index contributed by atoms with van der Waals surface area (Å²) >= 11 is 0. The predicted molar refractivity (Wildman–Crippen MR) is 81.3 cm³/mol. The maximum absolute atomic E-state index is 11.0. The number of pyridine rings is 1. The topological polar surface area (TPSA) is 112 Å². The van der Waals surface area contributed by atoms with E-state index in [4.69, 9.17) is 0 Å². The summed E-state index contributed by atoms with van der Waals surface area (Å²) in [6, 6.07) is 3.46. The average molecular weight is 302 g/mol. The van der Waals surface area contributed by atoms with E-state index < -0.39 is 11.8 Å². The van der Waals surface area contributed by atoms with E-state index in [1.54, 1.807) is 24.5 Å². The van der Waals surface area contributed by atoms with Gasteiger partial charge in [-0.2, -0.15) is 10.2 Å². The van der Waals surface area contributed by atoms with E-state index >= 15 is 0 Å². The van der Waals surface area contributed by atoms with Crippen molar-refractivity contribution in [3.63, 3.8) is 0 Å². The van der Waals surface area contributed by atoms with E-state index in [0.717, 1.165) is 6.54 Å². The Labute approximate surface area is 126 Å². The van der Waals surface area contributed by atoms with Crippen molar-refractivity contribution < 1.29 is 10.2 Å². The fraction of sp³-hybridized carbons (Fsp3) is 0.357. The van der Waals surface area contributed by atoms with Gasteiger partial charge in [-0.25, -0.2) is 9.67 Å². The average Bonchev–Trinajstić information content (AvgIpc) is 3.16. The van der Waals surface area contributed by atoms with Crippen molar-refractivity contribution >= 4 is 16.7 Å². The Kier molecular flexibility index (Phi) is 3.55. The fourth-order valence-corrected chi connectivity index (χ4v) is 2.45. The van der Waals surface area contributed by atoms with E-state index in [0.29, 0.717) is 22.4 Å². The molecule has 0 bridgehead atoms. The molecule has 116 valence electrons. The lowest BCUT2D eigenvalue weighted by Gasteiger charge is -2.30. The minimum atomic E-state index is -1.75. The summed E-state index contributed by atoms with van der Waals surface area (Å²) in [5, 5.41) is 35.9. The first-order valence-electron chi connectivity index (χ1n) is 7.06. The summed E-state index contributed by atoms with van der Waals surface area (Å²) < 4.78 is 1.29. The molecule has 0 aliphatic heterocycles. The number of H-pyrrole nitrogens is 1. The van der Waals surface area contributed by atoms with Crippen molar-refractivity contribution in [1.82, 2.24) is 25.0 Å². The molecule has 0 aromatic carbocycles. The lowest BCUT2D eigenvalue weighted by molar-refractivity contribution is -0.104. The molecule has 3 rings (SSSR count). The normalized spacial score (nSPS) is 15.6. The Morgan fingerprint density at radius 3 is 2.95 bits per heavy atom. The van der Waals surface area contributed by atoms with E-state index in [2.05, 4.69) is 25.6 Å². The molecule has 0 saturated carbocycles. The number of aliphatic hydroxyl groups is 2. The summed E-state index contributed by atoms with van der Waals surface area (Å²) in [5.41, 5.74) is -0.761. The Morgan fingerprint density at radius 1 is 1.50 bits per heavy atom. The molecule has 0 radical (unpaired) electrons. The molecule has 0 aliphatic rings. The third kappa shape index (κ3) is 2.13. The number of hydrogen-bond donors (Lipinski definition) is 4. The Hall–Kier alpha value is -2.45. The smallest absolute Gasteiger partial charge is 0.227 e. The highest BCUT2D eigenvalue weighted by Gasteiger charge is 2.41. The number of aromatic amines is 1. The summed E-state index contributed by atoms with van der Waals surface area (Å²) in [4.78, 5) is 4.29. The highest BCUT2D eigenvalue weighted by atomic mass is 16.4. The lowest BCUT2D eigenvalue weighted by atomic mass is 10.0. The zero-order chi connectivity index (χ0) is 15.7. The largest absolute Gasteiger partial charge is 0.388 e. The zero-order valence-corrected chi connectivity index (χ0v) is 12.4. The summed E-state index contributed by atoms with van der Waals surface area (Å²) in [5.74, 6) is 0.702. The molecule has 8 nitrogen and oxygen atoms in total. The van der Waals surface area contributed by atoms with E-state index in [-0.39, 0.29) is 0 Å². The van der Waals surface area contributed by atoms with Crippen LogP contribution in [0.2, 0.25) is 0 Å². The molecular formula is C14H18N6O2. The highest BCUT2D eigenvalue weighted by molar-refractivity contribution is 5.83. The second-order valence-electron chi connectivity index (χ2n) is 5.07. The van der Waals surface area contributed by atoms with Gasteiger partial charge in [-0.1, -0.05) is 0 Å². The van der Waals surface area contributed by atoms with Gasteiger partial charge in [0.2, 0.25) is 5.72 Å². The van der Waals surface area contributed by atoms with Gasteiger partial charge in [0.05, 0.1) is 5.52 Å². The van der Waals surface area contributed by atoms with E-state index in [1.807, 2.05) is 6.92 Å². The highest BCUT2D eigenvalue weighted by Crippen LogP contribution is 2.31. The molecular weight excluding hydrogens is 284 g/mol. The molecule has 3 aromatic rings. The van der Waals surface area contributed by atoms with Crippen molar-refractivity contribution in [2.24, 2.45) is 0 Å². The second-order valence-corrected chi connectivity index (χ2v) is 5.07. The van der Waals surface area contributed by atoms with Crippen LogP contribution < -0.4 is 5.32 Å². The van der Waals surface area contributed by atoms with Gasteiger partial charge in [-0.15, -0.1) is 0 Å².